The van der Waals surface area contributed by atoms with Crippen molar-refractivity contribution in [2.45, 2.75) is 57.7 Å². The molecule has 3 nitrogen and oxygen atoms in total. The lowest BCUT2D eigenvalue weighted by Gasteiger charge is -2.50. The molecule has 100 valence electrons. The monoisotopic (exact) mass is 240 g/mol. The smallest absolute Gasteiger partial charge is 0.0615 e. The Morgan fingerprint density at radius 1 is 1.47 bits per heavy atom. The number of nitrogens with zero attached hydrogens (tertiary/aromatic N) is 1. The largest absolute Gasteiger partial charge is 0.383 e. The number of hydrogen-bond donors (Lipinski definition) is 1. The molecular formula is C14H28N2O. The zero-order chi connectivity index (χ0) is 12.5. The third-order valence-electron chi connectivity index (χ3n) is 4.72. The second kappa shape index (κ2) is 5.25. The van der Waals surface area contributed by atoms with Crippen LogP contribution in [-0.2, 0) is 4.74 Å². The molecule has 3 unspecified atom stereocenters. The van der Waals surface area contributed by atoms with Gasteiger partial charge in [0, 0.05) is 37.8 Å². The summed E-state index contributed by atoms with van der Waals surface area (Å²) >= 11 is 0. The van der Waals surface area contributed by atoms with Gasteiger partial charge in [-0.25, -0.2) is 0 Å². The van der Waals surface area contributed by atoms with Crippen molar-refractivity contribution >= 4 is 0 Å². The number of piperazine rings is 1. The summed E-state index contributed by atoms with van der Waals surface area (Å²) in [7, 11) is 1.81. The second-order valence-electron chi connectivity index (χ2n) is 6.13. The molecule has 0 aromatic carbocycles. The van der Waals surface area contributed by atoms with E-state index in [1.165, 1.54) is 25.8 Å². The minimum Gasteiger partial charge on any atom is -0.383 e. The normalized spacial score (nSPS) is 37.1. The summed E-state index contributed by atoms with van der Waals surface area (Å²) in [5.74, 6) is 0.939. The molecule has 0 radical (unpaired) electrons. The number of nitrogens with one attached hydrogen (secondary N) is 1. The van der Waals surface area contributed by atoms with Crippen LogP contribution in [0.3, 0.4) is 0 Å². The van der Waals surface area contributed by atoms with Crippen LogP contribution < -0.4 is 5.32 Å². The average Bonchev–Trinajstić information content (AvgIpc) is 3.14. The topological polar surface area (TPSA) is 24.5 Å². The maximum absolute atomic E-state index is 5.34. The molecule has 1 saturated heterocycles. The van der Waals surface area contributed by atoms with E-state index in [2.05, 4.69) is 31.0 Å². The summed E-state index contributed by atoms with van der Waals surface area (Å²) in [4.78, 5) is 2.68. The van der Waals surface area contributed by atoms with Gasteiger partial charge in [-0.3, -0.25) is 4.90 Å². The number of rotatable bonds is 5. The van der Waals surface area contributed by atoms with Crippen LogP contribution in [0.4, 0.5) is 0 Å². The Kier molecular flexibility index (Phi) is 4.11. The Hall–Kier alpha value is -0.120. The molecular weight excluding hydrogens is 212 g/mol. The summed E-state index contributed by atoms with van der Waals surface area (Å²) in [5, 5.41) is 3.77. The van der Waals surface area contributed by atoms with E-state index in [9.17, 15) is 0 Å². The second-order valence-corrected chi connectivity index (χ2v) is 6.13. The van der Waals surface area contributed by atoms with Gasteiger partial charge < -0.3 is 10.1 Å². The third-order valence-corrected chi connectivity index (χ3v) is 4.72. The third kappa shape index (κ3) is 2.83. The van der Waals surface area contributed by atoms with Crippen molar-refractivity contribution in [2.75, 3.05) is 26.8 Å². The first-order valence-corrected chi connectivity index (χ1v) is 7.10. The molecule has 2 rings (SSSR count). The van der Waals surface area contributed by atoms with E-state index >= 15 is 0 Å². The molecule has 1 aliphatic carbocycles. The van der Waals surface area contributed by atoms with Crippen molar-refractivity contribution < 1.29 is 4.74 Å². The summed E-state index contributed by atoms with van der Waals surface area (Å²) in [6.45, 7) is 10.1. The van der Waals surface area contributed by atoms with Crippen LogP contribution >= 0.6 is 0 Å². The Morgan fingerprint density at radius 2 is 2.18 bits per heavy atom. The lowest BCUT2D eigenvalue weighted by molar-refractivity contribution is -0.0145. The van der Waals surface area contributed by atoms with Gasteiger partial charge in [0.25, 0.3) is 0 Å². The van der Waals surface area contributed by atoms with Gasteiger partial charge in [-0.1, -0.05) is 6.92 Å². The van der Waals surface area contributed by atoms with E-state index in [0.717, 1.165) is 19.1 Å². The van der Waals surface area contributed by atoms with E-state index in [0.29, 0.717) is 17.6 Å². The van der Waals surface area contributed by atoms with Gasteiger partial charge in [-0.05, 0) is 39.0 Å². The van der Waals surface area contributed by atoms with Crippen LogP contribution in [0.2, 0.25) is 0 Å². The van der Waals surface area contributed by atoms with E-state index in [1.807, 2.05) is 0 Å². The van der Waals surface area contributed by atoms with Crippen molar-refractivity contribution in [1.29, 1.82) is 0 Å². The summed E-state index contributed by atoms with van der Waals surface area (Å²) < 4.78 is 5.34. The molecule has 0 bridgehead atoms. The lowest BCUT2D eigenvalue weighted by atomic mass is 9.89. The minimum atomic E-state index is 0.295. The summed E-state index contributed by atoms with van der Waals surface area (Å²) in [6, 6.07) is 1.24. The number of hydrogen-bond acceptors (Lipinski definition) is 3. The predicted octanol–water partition coefficient (Wildman–Crippen LogP) is 1.87. The molecule has 2 fully saturated rings. The molecule has 1 N–H and O–H groups in total. The maximum atomic E-state index is 5.34. The van der Waals surface area contributed by atoms with Crippen LogP contribution in [0.5, 0.6) is 0 Å². The first-order chi connectivity index (χ1) is 8.10. The Morgan fingerprint density at radius 3 is 2.71 bits per heavy atom. The maximum Gasteiger partial charge on any atom is 0.0615 e. The van der Waals surface area contributed by atoms with Gasteiger partial charge in [-0.15, -0.1) is 0 Å². The molecule has 1 aliphatic heterocycles. The minimum absolute atomic E-state index is 0.295. The van der Waals surface area contributed by atoms with E-state index < -0.39 is 0 Å². The van der Waals surface area contributed by atoms with Crippen molar-refractivity contribution in [3.63, 3.8) is 0 Å². The molecule has 0 amide bonds. The first kappa shape index (κ1) is 13.3. The first-order valence-electron chi connectivity index (χ1n) is 7.10. The quantitative estimate of drug-likeness (QED) is 0.794. The van der Waals surface area contributed by atoms with E-state index in [-0.39, 0.29) is 0 Å². The Bertz CT molecular complexity index is 255. The van der Waals surface area contributed by atoms with Crippen molar-refractivity contribution in [2.24, 2.45) is 5.92 Å². The molecule has 0 aromatic rings. The zero-order valence-electron chi connectivity index (χ0n) is 11.8. The van der Waals surface area contributed by atoms with Gasteiger partial charge in [0.05, 0.1) is 6.61 Å². The molecule has 2 aliphatic rings. The highest BCUT2D eigenvalue weighted by molar-refractivity contribution is 5.01. The highest BCUT2D eigenvalue weighted by Crippen LogP contribution is 2.36. The van der Waals surface area contributed by atoms with Gasteiger partial charge >= 0.3 is 0 Å². The molecule has 3 heteroatoms. The van der Waals surface area contributed by atoms with Crippen LogP contribution in [0, 0.1) is 5.92 Å². The summed E-state index contributed by atoms with van der Waals surface area (Å²) in [5.41, 5.74) is 0.295. The fourth-order valence-electron chi connectivity index (χ4n) is 3.13. The zero-order valence-corrected chi connectivity index (χ0v) is 11.8. The summed E-state index contributed by atoms with van der Waals surface area (Å²) in [6.07, 6.45) is 4.05. The van der Waals surface area contributed by atoms with E-state index in [4.69, 9.17) is 4.74 Å². The lowest BCUT2D eigenvalue weighted by Crippen LogP contribution is -2.66. The Balaban J connectivity index is 2.03. The molecule has 17 heavy (non-hydrogen) atoms. The van der Waals surface area contributed by atoms with E-state index in [1.54, 1.807) is 7.11 Å². The van der Waals surface area contributed by atoms with Gasteiger partial charge in [-0.2, -0.15) is 0 Å². The molecule has 0 spiro atoms. The van der Waals surface area contributed by atoms with Gasteiger partial charge in [0.2, 0.25) is 0 Å². The fourth-order valence-corrected chi connectivity index (χ4v) is 3.13. The molecule has 1 saturated carbocycles. The van der Waals surface area contributed by atoms with Gasteiger partial charge in [0.15, 0.2) is 0 Å². The highest BCUT2D eigenvalue weighted by Gasteiger charge is 2.43. The van der Waals surface area contributed by atoms with Crippen molar-refractivity contribution in [3.8, 4) is 0 Å². The van der Waals surface area contributed by atoms with Gasteiger partial charge in [0.1, 0.15) is 0 Å². The molecule has 3 atom stereocenters. The fraction of sp³-hybridized carbons (Fsp3) is 1.00. The SMILES string of the molecule is CCC1(C)CNC(C2CC2)CN1C(C)COC. The van der Waals surface area contributed by atoms with Crippen LogP contribution in [0.25, 0.3) is 0 Å². The van der Waals surface area contributed by atoms with Crippen LogP contribution in [-0.4, -0.2) is 49.3 Å². The molecule has 1 heterocycles. The predicted molar refractivity (Wildman–Crippen MR) is 71.3 cm³/mol. The van der Waals surface area contributed by atoms with Crippen LogP contribution in [0.1, 0.15) is 40.0 Å². The van der Waals surface area contributed by atoms with Crippen LogP contribution in [0.15, 0.2) is 0 Å². The number of methoxy groups -OCH3 is 1. The average molecular weight is 240 g/mol. The Labute approximate surface area is 106 Å². The standard InChI is InChI=1S/C14H28N2O/c1-5-14(3)10-15-13(12-6-7-12)8-16(14)11(2)9-17-4/h11-13,15H,5-10H2,1-4H3. The molecule has 0 aromatic heterocycles. The highest BCUT2D eigenvalue weighted by atomic mass is 16.5. The van der Waals surface area contributed by atoms with Crippen molar-refractivity contribution in [1.82, 2.24) is 10.2 Å². The number of ether oxygens (including phenoxy) is 1. The van der Waals surface area contributed by atoms with Crippen molar-refractivity contribution in [3.05, 3.63) is 0 Å².